The predicted molar refractivity (Wildman–Crippen MR) is 75.7 cm³/mol. The summed E-state index contributed by atoms with van der Waals surface area (Å²) in [4.78, 5) is 0. The van der Waals surface area contributed by atoms with Crippen molar-refractivity contribution in [1.82, 2.24) is 5.43 Å². The zero-order chi connectivity index (χ0) is 14.8. The van der Waals surface area contributed by atoms with Crippen LogP contribution in [0.25, 0.3) is 0 Å². The minimum absolute atomic E-state index is 0.242. The van der Waals surface area contributed by atoms with Gasteiger partial charge in [-0.3, -0.25) is 5.84 Å². The number of nitrogens with two attached hydrogens (primary N) is 1. The summed E-state index contributed by atoms with van der Waals surface area (Å²) in [5, 5.41) is 0. The zero-order valence-electron chi connectivity index (χ0n) is 12.3. The Morgan fingerprint density at radius 3 is 2.50 bits per heavy atom. The van der Waals surface area contributed by atoms with E-state index in [1.165, 1.54) is 6.07 Å². The summed E-state index contributed by atoms with van der Waals surface area (Å²) in [7, 11) is 1.65. The lowest BCUT2D eigenvalue weighted by atomic mass is 9.80. The van der Waals surface area contributed by atoms with Crippen LogP contribution in [-0.4, -0.2) is 25.9 Å². The first-order chi connectivity index (χ1) is 9.54. The van der Waals surface area contributed by atoms with Crippen molar-refractivity contribution < 1.29 is 13.9 Å². The molecule has 1 saturated heterocycles. The molecule has 0 spiro atoms. The summed E-state index contributed by atoms with van der Waals surface area (Å²) >= 11 is 0. The van der Waals surface area contributed by atoms with Crippen LogP contribution in [0.2, 0.25) is 0 Å². The molecule has 112 valence electrons. The van der Waals surface area contributed by atoms with E-state index in [-0.39, 0.29) is 5.82 Å². The molecule has 3 N–H and O–H groups in total. The minimum atomic E-state index is -0.534. The Morgan fingerprint density at radius 2 is 2.00 bits per heavy atom. The van der Waals surface area contributed by atoms with E-state index < -0.39 is 11.6 Å². The second kappa shape index (κ2) is 6.18. The third-order valence-corrected chi connectivity index (χ3v) is 4.21. The smallest absolute Gasteiger partial charge is 0.128 e. The molecule has 1 aromatic rings. The lowest BCUT2D eigenvalue weighted by molar-refractivity contribution is -0.112. The highest BCUT2D eigenvalue weighted by molar-refractivity contribution is 5.36. The number of aryl methyl sites for hydroxylation is 2. The van der Waals surface area contributed by atoms with Crippen LogP contribution in [0.3, 0.4) is 0 Å². The Balaban J connectivity index is 2.46. The highest BCUT2D eigenvalue weighted by Crippen LogP contribution is 2.39. The first-order valence-electron chi connectivity index (χ1n) is 6.90. The largest absolute Gasteiger partial charge is 0.381 e. The molecule has 1 unspecified atom stereocenters. The van der Waals surface area contributed by atoms with Crippen LogP contribution >= 0.6 is 0 Å². The fourth-order valence-corrected chi connectivity index (χ4v) is 3.12. The number of methoxy groups -OCH3 is 1. The van der Waals surface area contributed by atoms with Crippen molar-refractivity contribution in [2.75, 3.05) is 20.3 Å². The summed E-state index contributed by atoms with van der Waals surface area (Å²) in [5.41, 5.74) is 4.60. The van der Waals surface area contributed by atoms with Gasteiger partial charge in [0.15, 0.2) is 0 Å². The van der Waals surface area contributed by atoms with Crippen molar-refractivity contribution in [3.63, 3.8) is 0 Å². The third-order valence-electron chi connectivity index (χ3n) is 4.21. The van der Waals surface area contributed by atoms with Gasteiger partial charge in [-0.05, 0) is 31.0 Å². The molecule has 0 aromatic heterocycles. The van der Waals surface area contributed by atoms with Crippen molar-refractivity contribution in [3.05, 3.63) is 34.6 Å². The van der Waals surface area contributed by atoms with Gasteiger partial charge in [0.05, 0.1) is 11.6 Å². The van der Waals surface area contributed by atoms with Gasteiger partial charge in [0, 0.05) is 38.7 Å². The van der Waals surface area contributed by atoms with Crippen molar-refractivity contribution >= 4 is 0 Å². The molecule has 4 nitrogen and oxygen atoms in total. The van der Waals surface area contributed by atoms with Gasteiger partial charge in [-0.1, -0.05) is 6.07 Å². The van der Waals surface area contributed by atoms with Crippen molar-refractivity contribution in [2.45, 2.75) is 38.3 Å². The number of halogens is 1. The molecule has 1 aliphatic heterocycles. The average molecular weight is 282 g/mol. The van der Waals surface area contributed by atoms with E-state index in [9.17, 15) is 4.39 Å². The molecular weight excluding hydrogens is 259 g/mol. The van der Waals surface area contributed by atoms with Crippen LogP contribution in [0.15, 0.2) is 12.1 Å². The number of nitrogens with one attached hydrogen (secondary N) is 1. The predicted octanol–water partition coefficient (Wildman–Crippen LogP) is 2.14. The summed E-state index contributed by atoms with van der Waals surface area (Å²) < 4.78 is 25.6. The SMILES string of the molecule is COC1(C(NN)c2c(C)cc(C)cc2F)CCOCC1. The number of benzene rings is 1. The molecule has 1 aromatic carbocycles. The molecule has 5 heteroatoms. The topological polar surface area (TPSA) is 56.5 Å². The number of hydrogen-bond acceptors (Lipinski definition) is 4. The summed E-state index contributed by atoms with van der Waals surface area (Å²) in [5.74, 6) is 5.49. The van der Waals surface area contributed by atoms with Crippen LogP contribution in [0.4, 0.5) is 4.39 Å². The summed E-state index contributed by atoms with van der Waals surface area (Å²) in [6.07, 6.45) is 1.37. The summed E-state index contributed by atoms with van der Waals surface area (Å²) in [6.45, 7) is 4.97. The van der Waals surface area contributed by atoms with E-state index in [4.69, 9.17) is 15.3 Å². The van der Waals surface area contributed by atoms with E-state index in [0.717, 1.165) is 11.1 Å². The Bertz CT molecular complexity index is 450. The molecule has 1 heterocycles. The maximum atomic E-state index is 14.4. The van der Waals surface area contributed by atoms with Gasteiger partial charge < -0.3 is 9.47 Å². The van der Waals surface area contributed by atoms with E-state index >= 15 is 0 Å². The van der Waals surface area contributed by atoms with E-state index in [1.807, 2.05) is 19.9 Å². The molecular formula is C15H23FN2O2. The van der Waals surface area contributed by atoms with Gasteiger partial charge in [0.2, 0.25) is 0 Å². The number of ether oxygens (including phenoxy) is 2. The van der Waals surface area contributed by atoms with Gasteiger partial charge in [0.1, 0.15) is 5.82 Å². The number of rotatable bonds is 4. The molecule has 1 atom stereocenters. The fourth-order valence-electron chi connectivity index (χ4n) is 3.12. The van der Waals surface area contributed by atoms with Crippen LogP contribution in [0.5, 0.6) is 0 Å². The lowest BCUT2D eigenvalue weighted by Gasteiger charge is -2.42. The molecule has 0 amide bonds. The minimum Gasteiger partial charge on any atom is -0.381 e. The molecule has 20 heavy (non-hydrogen) atoms. The van der Waals surface area contributed by atoms with Gasteiger partial charge in [-0.15, -0.1) is 0 Å². The standard InChI is InChI=1S/C15H23FN2O2/c1-10-8-11(2)13(12(16)9-10)14(18-17)15(19-3)4-6-20-7-5-15/h8-9,14,18H,4-7,17H2,1-3H3. The molecule has 1 aliphatic rings. The summed E-state index contributed by atoms with van der Waals surface area (Å²) in [6, 6.07) is 3.11. The Labute approximate surface area is 119 Å². The van der Waals surface area contributed by atoms with Crippen molar-refractivity contribution in [1.29, 1.82) is 0 Å². The quantitative estimate of drug-likeness (QED) is 0.656. The molecule has 0 aliphatic carbocycles. The van der Waals surface area contributed by atoms with E-state index in [1.54, 1.807) is 7.11 Å². The van der Waals surface area contributed by atoms with Crippen LogP contribution in [-0.2, 0) is 9.47 Å². The normalized spacial score (nSPS) is 19.9. The molecule has 2 rings (SSSR count). The second-order valence-electron chi connectivity index (χ2n) is 5.46. The third kappa shape index (κ3) is 2.72. The molecule has 1 fully saturated rings. The second-order valence-corrected chi connectivity index (χ2v) is 5.46. The monoisotopic (exact) mass is 282 g/mol. The lowest BCUT2D eigenvalue weighted by Crippen LogP contribution is -2.51. The average Bonchev–Trinajstić information content (AvgIpc) is 2.43. The van der Waals surface area contributed by atoms with Gasteiger partial charge >= 0.3 is 0 Å². The molecule has 0 saturated carbocycles. The highest BCUT2D eigenvalue weighted by Gasteiger charge is 2.42. The van der Waals surface area contributed by atoms with Gasteiger partial charge in [-0.25, -0.2) is 9.82 Å². The van der Waals surface area contributed by atoms with Crippen LogP contribution in [0, 0.1) is 19.7 Å². The van der Waals surface area contributed by atoms with Crippen molar-refractivity contribution in [2.24, 2.45) is 5.84 Å². The van der Waals surface area contributed by atoms with Gasteiger partial charge in [-0.2, -0.15) is 0 Å². The highest BCUT2D eigenvalue weighted by atomic mass is 19.1. The maximum Gasteiger partial charge on any atom is 0.128 e. The van der Waals surface area contributed by atoms with Crippen LogP contribution < -0.4 is 11.3 Å². The Hall–Kier alpha value is -1.01. The molecule has 0 bridgehead atoms. The number of hydrazine groups is 1. The van der Waals surface area contributed by atoms with E-state index in [2.05, 4.69) is 5.43 Å². The first kappa shape index (κ1) is 15.4. The van der Waals surface area contributed by atoms with Crippen LogP contribution in [0.1, 0.15) is 35.6 Å². The first-order valence-corrected chi connectivity index (χ1v) is 6.90. The Kier molecular flexibility index (Phi) is 4.75. The van der Waals surface area contributed by atoms with Crippen molar-refractivity contribution in [3.8, 4) is 0 Å². The van der Waals surface area contributed by atoms with Gasteiger partial charge in [0.25, 0.3) is 0 Å². The van der Waals surface area contributed by atoms with E-state index in [0.29, 0.717) is 31.6 Å². The molecule has 0 radical (unpaired) electrons. The zero-order valence-corrected chi connectivity index (χ0v) is 12.3. The Morgan fingerprint density at radius 1 is 1.35 bits per heavy atom. The maximum absolute atomic E-state index is 14.4. The number of hydrogen-bond donors (Lipinski definition) is 2. The fraction of sp³-hybridized carbons (Fsp3) is 0.600.